The van der Waals surface area contributed by atoms with Crippen molar-refractivity contribution in [3.63, 3.8) is 0 Å². The highest BCUT2D eigenvalue weighted by molar-refractivity contribution is 5.75. The van der Waals surface area contributed by atoms with E-state index in [0.717, 1.165) is 77.7 Å². The van der Waals surface area contributed by atoms with Crippen molar-refractivity contribution >= 4 is 18.0 Å². The van der Waals surface area contributed by atoms with Gasteiger partial charge in [0.25, 0.3) is 0 Å². The highest BCUT2D eigenvalue weighted by Gasteiger charge is 2.38. The smallest absolute Gasteiger partial charge is 0.320 e. The predicted octanol–water partition coefficient (Wildman–Crippen LogP) is 3.11. The Labute approximate surface area is 180 Å². The number of urea groups is 1. The van der Waals surface area contributed by atoms with Crippen molar-refractivity contribution in [1.29, 1.82) is 0 Å². The monoisotopic (exact) mass is 425 g/mol. The van der Waals surface area contributed by atoms with Gasteiger partial charge in [-0.25, -0.2) is 4.79 Å². The first kappa shape index (κ1) is 24.4. The number of rotatable bonds is 12. The van der Waals surface area contributed by atoms with E-state index in [-0.39, 0.29) is 30.8 Å². The Kier molecular flexibility index (Phi) is 10.4. The number of hydrogen-bond donors (Lipinski definition) is 2. The molecule has 172 valence electrons. The van der Waals surface area contributed by atoms with Crippen molar-refractivity contribution in [2.24, 2.45) is 5.92 Å². The van der Waals surface area contributed by atoms with E-state index in [1.54, 1.807) is 0 Å². The van der Waals surface area contributed by atoms with Crippen LogP contribution in [0.1, 0.15) is 71.1 Å². The molecule has 2 amide bonds. The summed E-state index contributed by atoms with van der Waals surface area (Å²) in [7, 11) is 0. The van der Waals surface area contributed by atoms with Crippen LogP contribution < -0.4 is 0 Å². The highest BCUT2D eigenvalue weighted by atomic mass is 16.4. The first-order valence-electron chi connectivity index (χ1n) is 11.6. The molecule has 2 rings (SSSR count). The van der Waals surface area contributed by atoms with Gasteiger partial charge >= 0.3 is 18.0 Å². The molecule has 2 aliphatic rings. The quantitative estimate of drug-likeness (QED) is 0.466. The maximum Gasteiger partial charge on any atom is 0.320 e. The lowest BCUT2D eigenvalue weighted by Crippen LogP contribution is -2.53. The van der Waals surface area contributed by atoms with Crippen molar-refractivity contribution in [3.8, 4) is 0 Å². The van der Waals surface area contributed by atoms with E-state index in [0.29, 0.717) is 13.0 Å². The topological polar surface area (TPSA) is 101 Å². The molecule has 0 radical (unpaired) electrons. The van der Waals surface area contributed by atoms with Crippen LogP contribution in [-0.2, 0) is 9.59 Å². The van der Waals surface area contributed by atoms with Crippen LogP contribution in [0.15, 0.2) is 0 Å². The summed E-state index contributed by atoms with van der Waals surface area (Å²) in [5, 5.41) is 17.7. The molecule has 0 aromatic heterocycles. The molecule has 1 heterocycles. The lowest BCUT2D eigenvalue weighted by Gasteiger charge is -2.44. The highest BCUT2D eigenvalue weighted by Crippen LogP contribution is 2.35. The minimum absolute atomic E-state index is 0.109. The van der Waals surface area contributed by atoms with Gasteiger partial charge in [-0.1, -0.05) is 26.2 Å². The summed E-state index contributed by atoms with van der Waals surface area (Å²) in [6, 6.07) is 0.261. The van der Waals surface area contributed by atoms with E-state index >= 15 is 0 Å². The third-order valence-electron chi connectivity index (χ3n) is 6.46. The van der Waals surface area contributed by atoms with E-state index < -0.39 is 11.9 Å². The van der Waals surface area contributed by atoms with Crippen LogP contribution in [0.5, 0.6) is 0 Å². The first-order chi connectivity index (χ1) is 14.4. The second-order valence-corrected chi connectivity index (χ2v) is 8.75. The molecule has 1 aliphatic carbocycles. The molecule has 1 saturated heterocycles. The second-order valence-electron chi connectivity index (χ2n) is 8.75. The Hall–Kier alpha value is -1.83. The van der Waals surface area contributed by atoms with Gasteiger partial charge in [0.05, 0.1) is 0 Å². The van der Waals surface area contributed by atoms with Crippen LogP contribution in [-0.4, -0.2) is 88.2 Å². The number of carbonyl (C=O) groups excluding carboxylic acids is 1. The molecule has 1 aliphatic heterocycles. The molecule has 0 aromatic carbocycles. The fraction of sp³-hybridized carbons (Fsp3) is 0.864. The molecule has 0 atom stereocenters. The number of hydrogen-bond acceptors (Lipinski definition) is 4. The molecule has 0 aromatic rings. The Morgan fingerprint density at radius 2 is 1.60 bits per heavy atom. The fourth-order valence-electron chi connectivity index (χ4n) is 4.55. The largest absolute Gasteiger partial charge is 0.481 e. The maximum atomic E-state index is 13.3. The van der Waals surface area contributed by atoms with Crippen LogP contribution in [0.3, 0.4) is 0 Å². The van der Waals surface area contributed by atoms with Crippen LogP contribution >= 0.6 is 0 Å². The van der Waals surface area contributed by atoms with Crippen molar-refractivity contribution in [1.82, 2.24) is 14.7 Å². The minimum atomic E-state index is -0.759. The number of carboxylic acids is 2. The Morgan fingerprint density at radius 3 is 2.27 bits per heavy atom. The molecule has 1 saturated carbocycles. The van der Waals surface area contributed by atoms with Crippen molar-refractivity contribution < 1.29 is 24.6 Å². The van der Waals surface area contributed by atoms with Gasteiger partial charge in [-0.3, -0.25) is 9.59 Å². The molecular weight excluding hydrogens is 386 g/mol. The molecule has 8 heteroatoms. The van der Waals surface area contributed by atoms with Gasteiger partial charge in [-0.2, -0.15) is 0 Å². The molecular formula is C22H39N3O5. The summed E-state index contributed by atoms with van der Waals surface area (Å²) in [5.74, 6) is -1.32. The molecule has 2 fully saturated rings. The molecule has 30 heavy (non-hydrogen) atoms. The van der Waals surface area contributed by atoms with Gasteiger partial charge < -0.3 is 24.9 Å². The van der Waals surface area contributed by atoms with E-state index in [1.807, 2.05) is 9.80 Å². The predicted molar refractivity (Wildman–Crippen MR) is 115 cm³/mol. The molecule has 0 spiro atoms. The van der Waals surface area contributed by atoms with Crippen LogP contribution in [0.4, 0.5) is 4.79 Å². The maximum absolute atomic E-state index is 13.3. The van der Waals surface area contributed by atoms with Gasteiger partial charge in [-0.05, 0) is 51.1 Å². The number of likely N-dealkylation sites (N-methyl/N-ethyl adjacent to an activating group) is 1. The zero-order valence-electron chi connectivity index (χ0n) is 18.4. The number of amides is 2. The first-order valence-corrected chi connectivity index (χ1v) is 11.6. The average molecular weight is 426 g/mol. The van der Waals surface area contributed by atoms with Gasteiger partial charge in [0.2, 0.25) is 0 Å². The summed E-state index contributed by atoms with van der Waals surface area (Å²) < 4.78 is 0. The lowest BCUT2D eigenvalue weighted by molar-refractivity contribution is -0.139. The van der Waals surface area contributed by atoms with Crippen LogP contribution in [0.2, 0.25) is 0 Å². The van der Waals surface area contributed by atoms with E-state index in [1.165, 1.54) is 0 Å². The molecule has 2 N–H and O–H groups in total. The van der Waals surface area contributed by atoms with Crippen LogP contribution in [0, 0.1) is 5.92 Å². The van der Waals surface area contributed by atoms with E-state index in [9.17, 15) is 14.4 Å². The fourth-order valence-corrected chi connectivity index (χ4v) is 4.55. The molecule has 0 bridgehead atoms. The van der Waals surface area contributed by atoms with Crippen LogP contribution in [0.25, 0.3) is 0 Å². The van der Waals surface area contributed by atoms with Crippen molar-refractivity contribution in [2.45, 2.75) is 77.2 Å². The average Bonchev–Trinajstić information content (AvgIpc) is 2.92. The Morgan fingerprint density at radius 1 is 0.900 bits per heavy atom. The van der Waals surface area contributed by atoms with Crippen molar-refractivity contribution in [2.75, 3.05) is 39.3 Å². The summed E-state index contributed by atoms with van der Waals surface area (Å²) >= 11 is 0. The Bertz CT molecular complexity index is 565. The third-order valence-corrected chi connectivity index (χ3v) is 6.46. The standard InChI is InChI=1S/C22H39N3O5/c1-2-23-10-8-11-24(14-13-23)22(30)25(19-15-18(16-19)17-21(28)29)12-7-5-3-4-6-9-20(26)27/h18-19H,2-17H2,1H3,(H,26,27)(H,28,29). The SMILES string of the molecule is CCN1CCCN(C(=O)N(CCCCCCCC(=O)O)C2CC(CC(=O)O)C2)CC1. The second kappa shape index (κ2) is 12.8. The zero-order valence-corrected chi connectivity index (χ0v) is 18.4. The van der Waals surface area contributed by atoms with Gasteiger partial charge in [0.15, 0.2) is 0 Å². The summed E-state index contributed by atoms with van der Waals surface area (Å²) in [4.78, 5) is 41.2. The summed E-state index contributed by atoms with van der Waals surface area (Å²) in [6.07, 6.45) is 7.46. The van der Waals surface area contributed by atoms with E-state index in [2.05, 4.69) is 11.8 Å². The molecule has 8 nitrogen and oxygen atoms in total. The normalized spacial score (nSPS) is 22.2. The zero-order chi connectivity index (χ0) is 21.9. The van der Waals surface area contributed by atoms with Crippen molar-refractivity contribution in [3.05, 3.63) is 0 Å². The summed E-state index contributed by atoms with van der Waals surface area (Å²) in [6.45, 7) is 7.34. The lowest BCUT2D eigenvalue weighted by atomic mass is 9.77. The van der Waals surface area contributed by atoms with Gasteiger partial charge in [0, 0.05) is 45.1 Å². The van der Waals surface area contributed by atoms with Gasteiger partial charge in [0.1, 0.15) is 0 Å². The number of nitrogens with zero attached hydrogens (tertiary/aromatic N) is 3. The third kappa shape index (κ3) is 8.13. The number of unbranched alkanes of at least 4 members (excludes halogenated alkanes) is 4. The van der Waals surface area contributed by atoms with E-state index in [4.69, 9.17) is 10.2 Å². The minimum Gasteiger partial charge on any atom is -0.481 e. The van der Waals surface area contributed by atoms with Gasteiger partial charge in [-0.15, -0.1) is 0 Å². The number of aliphatic carboxylic acids is 2. The summed E-state index contributed by atoms with van der Waals surface area (Å²) in [5.41, 5.74) is 0. The number of carboxylic acid groups (broad SMARTS) is 2. The Balaban J connectivity index is 1.83. The number of carbonyl (C=O) groups is 3. The molecule has 0 unspecified atom stereocenters.